The molecule has 3 heterocycles. The first-order valence-electron chi connectivity index (χ1n) is 7.07. The molecule has 0 bridgehead atoms. The van der Waals surface area contributed by atoms with E-state index < -0.39 is 0 Å². The molecule has 0 spiro atoms. The maximum absolute atomic E-state index is 5.71. The van der Waals surface area contributed by atoms with Crippen LogP contribution in [0.2, 0.25) is 0 Å². The Hall–Kier alpha value is -1.46. The molecule has 5 nitrogen and oxygen atoms in total. The van der Waals surface area contributed by atoms with Crippen LogP contribution in [0.3, 0.4) is 0 Å². The van der Waals surface area contributed by atoms with Crippen molar-refractivity contribution in [1.82, 2.24) is 19.5 Å². The molecule has 3 rings (SSSR count). The molecule has 0 unspecified atom stereocenters. The zero-order chi connectivity index (χ0) is 13.2. The van der Waals surface area contributed by atoms with E-state index >= 15 is 0 Å². The van der Waals surface area contributed by atoms with Gasteiger partial charge in [-0.25, -0.2) is 0 Å². The summed E-state index contributed by atoms with van der Waals surface area (Å²) in [6.07, 6.45) is 4.42. The van der Waals surface area contributed by atoms with Crippen LogP contribution in [0.15, 0.2) is 18.3 Å². The van der Waals surface area contributed by atoms with E-state index in [4.69, 9.17) is 5.73 Å². The number of fused-ring (bicyclic) bond motifs is 1. The first-order valence-corrected chi connectivity index (χ1v) is 7.07. The van der Waals surface area contributed by atoms with E-state index in [0.717, 1.165) is 36.7 Å². The van der Waals surface area contributed by atoms with Gasteiger partial charge in [0.25, 0.3) is 0 Å². The van der Waals surface area contributed by atoms with Crippen molar-refractivity contribution in [3.8, 4) is 0 Å². The second kappa shape index (κ2) is 5.27. The molecule has 2 aromatic rings. The highest BCUT2D eigenvalue weighted by molar-refractivity contribution is 5.40. The summed E-state index contributed by atoms with van der Waals surface area (Å²) >= 11 is 0. The summed E-state index contributed by atoms with van der Waals surface area (Å²) in [5, 5.41) is 8.67. The standard InChI is InChI=1S/C14H21N5/c1-2-18-7-5-12(6-8-18)14-17-16-13-4-3-11(9-15)10-19(13)14/h3-4,10,12H,2,5-9,15H2,1H3. The van der Waals surface area contributed by atoms with Gasteiger partial charge >= 0.3 is 0 Å². The van der Waals surface area contributed by atoms with E-state index in [9.17, 15) is 0 Å². The quantitative estimate of drug-likeness (QED) is 0.905. The Morgan fingerprint density at radius 1 is 1.26 bits per heavy atom. The topological polar surface area (TPSA) is 59.5 Å². The predicted octanol–water partition coefficient (Wildman–Crippen LogP) is 1.39. The van der Waals surface area contributed by atoms with E-state index in [1.54, 1.807) is 0 Å². The molecule has 0 radical (unpaired) electrons. The SMILES string of the molecule is CCN1CCC(c2nnc3ccc(CN)cn23)CC1. The third kappa shape index (κ3) is 2.35. The molecular weight excluding hydrogens is 238 g/mol. The minimum atomic E-state index is 0.519. The number of piperidine rings is 1. The summed E-state index contributed by atoms with van der Waals surface area (Å²) in [5.41, 5.74) is 7.76. The fourth-order valence-corrected chi connectivity index (χ4v) is 2.86. The van der Waals surface area contributed by atoms with Crippen molar-refractivity contribution in [3.63, 3.8) is 0 Å². The largest absolute Gasteiger partial charge is 0.326 e. The average Bonchev–Trinajstić information content (AvgIpc) is 2.90. The number of hydrogen-bond acceptors (Lipinski definition) is 4. The fraction of sp³-hybridized carbons (Fsp3) is 0.571. The molecular formula is C14H21N5. The molecule has 0 amide bonds. The van der Waals surface area contributed by atoms with Gasteiger partial charge in [-0.3, -0.25) is 4.40 Å². The Morgan fingerprint density at radius 3 is 2.74 bits per heavy atom. The van der Waals surface area contributed by atoms with Gasteiger partial charge in [-0.15, -0.1) is 10.2 Å². The number of nitrogens with zero attached hydrogens (tertiary/aromatic N) is 4. The van der Waals surface area contributed by atoms with Gasteiger partial charge in [0.05, 0.1) is 0 Å². The minimum absolute atomic E-state index is 0.519. The van der Waals surface area contributed by atoms with Crippen LogP contribution in [0.25, 0.3) is 5.65 Å². The van der Waals surface area contributed by atoms with Gasteiger partial charge in [-0.05, 0) is 44.1 Å². The first kappa shape index (κ1) is 12.6. The van der Waals surface area contributed by atoms with Gasteiger partial charge in [0, 0.05) is 18.7 Å². The normalized spacial score (nSPS) is 18.2. The second-order valence-electron chi connectivity index (χ2n) is 5.24. The molecule has 1 fully saturated rings. The van der Waals surface area contributed by atoms with Gasteiger partial charge in [-0.1, -0.05) is 13.0 Å². The Bertz CT molecular complexity index is 554. The van der Waals surface area contributed by atoms with Crippen LogP contribution in [0, 0.1) is 0 Å². The summed E-state index contributed by atoms with van der Waals surface area (Å²) in [5.74, 6) is 1.62. The van der Waals surface area contributed by atoms with Crippen molar-refractivity contribution in [2.75, 3.05) is 19.6 Å². The summed E-state index contributed by atoms with van der Waals surface area (Å²) < 4.78 is 2.12. The van der Waals surface area contributed by atoms with Crippen molar-refractivity contribution < 1.29 is 0 Å². The lowest BCUT2D eigenvalue weighted by atomic mass is 9.96. The Kier molecular flexibility index (Phi) is 3.48. The zero-order valence-corrected chi connectivity index (χ0v) is 11.4. The van der Waals surface area contributed by atoms with Crippen LogP contribution in [0.1, 0.15) is 37.1 Å². The summed E-state index contributed by atoms with van der Waals surface area (Å²) in [4.78, 5) is 2.49. The molecule has 0 aromatic carbocycles. The van der Waals surface area contributed by atoms with Crippen LogP contribution in [-0.4, -0.2) is 39.1 Å². The van der Waals surface area contributed by atoms with Crippen molar-refractivity contribution >= 4 is 5.65 Å². The van der Waals surface area contributed by atoms with Gasteiger partial charge in [0.2, 0.25) is 0 Å². The maximum atomic E-state index is 5.71. The highest BCUT2D eigenvalue weighted by atomic mass is 15.3. The van der Waals surface area contributed by atoms with Crippen molar-refractivity contribution in [2.45, 2.75) is 32.2 Å². The fourth-order valence-electron chi connectivity index (χ4n) is 2.86. The van der Waals surface area contributed by atoms with E-state index in [0.29, 0.717) is 12.5 Å². The zero-order valence-electron chi connectivity index (χ0n) is 11.4. The molecule has 1 aliphatic heterocycles. The molecule has 5 heteroatoms. The molecule has 0 aliphatic carbocycles. The van der Waals surface area contributed by atoms with E-state index in [2.05, 4.69) is 32.6 Å². The third-order valence-corrected chi connectivity index (χ3v) is 4.13. The molecule has 2 aromatic heterocycles. The predicted molar refractivity (Wildman–Crippen MR) is 75.0 cm³/mol. The van der Waals surface area contributed by atoms with E-state index in [-0.39, 0.29) is 0 Å². The Labute approximate surface area is 113 Å². The number of nitrogens with two attached hydrogens (primary N) is 1. The molecule has 0 atom stereocenters. The van der Waals surface area contributed by atoms with Gasteiger partial charge in [0.1, 0.15) is 5.82 Å². The molecule has 0 saturated carbocycles. The number of likely N-dealkylation sites (tertiary alicyclic amines) is 1. The Morgan fingerprint density at radius 2 is 2.05 bits per heavy atom. The lowest BCUT2D eigenvalue weighted by Crippen LogP contribution is -2.33. The van der Waals surface area contributed by atoms with Gasteiger partial charge in [-0.2, -0.15) is 0 Å². The van der Waals surface area contributed by atoms with Crippen LogP contribution in [0.5, 0.6) is 0 Å². The number of rotatable bonds is 3. The highest BCUT2D eigenvalue weighted by Crippen LogP contribution is 2.27. The Balaban J connectivity index is 1.88. The number of aromatic nitrogens is 3. The smallest absolute Gasteiger partial charge is 0.160 e. The van der Waals surface area contributed by atoms with Crippen LogP contribution < -0.4 is 5.73 Å². The van der Waals surface area contributed by atoms with E-state index in [1.807, 2.05) is 12.1 Å². The van der Waals surface area contributed by atoms with Crippen LogP contribution in [0.4, 0.5) is 0 Å². The monoisotopic (exact) mass is 259 g/mol. The first-order chi connectivity index (χ1) is 9.31. The van der Waals surface area contributed by atoms with Crippen molar-refractivity contribution in [2.24, 2.45) is 5.73 Å². The minimum Gasteiger partial charge on any atom is -0.326 e. The van der Waals surface area contributed by atoms with Crippen LogP contribution in [-0.2, 0) is 6.54 Å². The van der Waals surface area contributed by atoms with E-state index in [1.165, 1.54) is 12.8 Å². The summed E-state index contributed by atoms with van der Waals surface area (Å²) in [6.45, 7) is 6.24. The maximum Gasteiger partial charge on any atom is 0.160 e. The lowest BCUT2D eigenvalue weighted by molar-refractivity contribution is 0.218. The molecule has 19 heavy (non-hydrogen) atoms. The lowest BCUT2D eigenvalue weighted by Gasteiger charge is -2.30. The van der Waals surface area contributed by atoms with Crippen LogP contribution >= 0.6 is 0 Å². The third-order valence-electron chi connectivity index (χ3n) is 4.13. The molecule has 1 aliphatic rings. The highest BCUT2D eigenvalue weighted by Gasteiger charge is 2.23. The second-order valence-corrected chi connectivity index (χ2v) is 5.24. The van der Waals surface area contributed by atoms with Crippen molar-refractivity contribution in [3.05, 3.63) is 29.7 Å². The summed E-state index contributed by atoms with van der Waals surface area (Å²) in [7, 11) is 0. The summed E-state index contributed by atoms with van der Waals surface area (Å²) in [6, 6.07) is 4.02. The average molecular weight is 259 g/mol. The molecule has 2 N–H and O–H groups in total. The van der Waals surface area contributed by atoms with Gasteiger partial charge < -0.3 is 10.6 Å². The van der Waals surface area contributed by atoms with Crippen molar-refractivity contribution in [1.29, 1.82) is 0 Å². The number of hydrogen-bond donors (Lipinski definition) is 1. The molecule has 1 saturated heterocycles. The molecule has 102 valence electrons. The number of pyridine rings is 1. The van der Waals surface area contributed by atoms with Gasteiger partial charge in [0.15, 0.2) is 5.65 Å².